The molecule has 3 heterocycles. The van der Waals surface area contributed by atoms with E-state index < -0.39 is 5.60 Å². The molecule has 2 aromatic rings. The molecular formula is C20H25N3O. The SMILES string of the molecule is Cc1cccnc1C1(O)[C@H]2CCC[C@H]1CN(Cc1cccnc1)C2. The molecule has 24 heavy (non-hydrogen) atoms. The third-order valence-electron chi connectivity index (χ3n) is 5.82. The van der Waals surface area contributed by atoms with Crippen LogP contribution < -0.4 is 0 Å². The smallest absolute Gasteiger partial charge is 0.115 e. The minimum Gasteiger partial charge on any atom is -0.383 e. The van der Waals surface area contributed by atoms with Crippen molar-refractivity contribution >= 4 is 0 Å². The Balaban J connectivity index is 1.60. The molecule has 0 radical (unpaired) electrons. The van der Waals surface area contributed by atoms with Crippen LogP contribution in [0.5, 0.6) is 0 Å². The van der Waals surface area contributed by atoms with Crippen molar-refractivity contribution < 1.29 is 5.11 Å². The third kappa shape index (κ3) is 2.64. The summed E-state index contributed by atoms with van der Waals surface area (Å²) in [6.07, 6.45) is 8.94. The molecule has 1 aliphatic heterocycles. The lowest BCUT2D eigenvalue weighted by atomic mass is 9.63. The van der Waals surface area contributed by atoms with Crippen LogP contribution in [0.2, 0.25) is 0 Å². The summed E-state index contributed by atoms with van der Waals surface area (Å²) < 4.78 is 0. The number of fused-ring (bicyclic) bond motifs is 2. The fourth-order valence-electron chi connectivity index (χ4n) is 4.71. The number of aryl methyl sites for hydroxylation is 1. The van der Waals surface area contributed by atoms with Gasteiger partial charge in [0.05, 0.1) is 5.69 Å². The predicted molar refractivity (Wildman–Crippen MR) is 93.2 cm³/mol. The number of hydrogen-bond donors (Lipinski definition) is 1. The lowest BCUT2D eigenvalue weighted by Crippen LogP contribution is -2.58. The van der Waals surface area contributed by atoms with E-state index in [-0.39, 0.29) is 11.8 Å². The highest BCUT2D eigenvalue weighted by atomic mass is 16.3. The number of hydrogen-bond acceptors (Lipinski definition) is 4. The second-order valence-corrected chi connectivity index (χ2v) is 7.37. The first-order valence-electron chi connectivity index (χ1n) is 8.93. The molecule has 126 valence electrons. The highest BCUT2D eigenvalue weighted by Crippen LogP contribution is 2.49. The Morgan fingerprint density at radius 2 is 1.92 bits per heavy atom. The Morgan fingerprint density at radius 3 is 2.58 bits per heavy atom. The number of aromatic nitrogens is 2. The van der Waals surface area contributed by atoms with E-state index in [4.69, 9.17) is 0 Å². The first kappa shape index (κ1) is 15.7. The van der Waals surface area contributed by atoms with Crippen molar-refractivity contribution in [3.05, 3.63) is 59.7 Å². The van der Waals surface area contributed by atoms with Crippen molar-refractivity contribution in [3.8, 4) is 0 Å². The van der Waals surface area contributed by atoms with E-state index in [2.05, 4.69) is 33.9 Å². The normalized spacial score (nSPS) is 30.2. The topological polar surface area (TPSA) is 49.3 Å². The minimum absolute atomic E-state index is 0.260. The van der Waals surface area contributed by atoms with Crippen LogP contribution in [0, 0.1) is 18.8 Å². The van der Waals surface area contributed by atoms with Crippen molar-refractivity contribution in [1.29, 1.82) is 0 Å². The molecule has 4 nitrogen and oxygen atoms in total. The third-order valence-corrected chi connectivity index (χ3v) is 5.82. The number of likely N-dealkylation sites (tertiary alicyclic amines) is 1. The molecule has 0 unspecified atom stereocenters. The lowest BCUT2D eigenvalue weighted by Gasteiger charge is -2.53. The molecule has 1 saturated carbocycles. The van der Waals surface area contributed by atoms with Gasteiger partial charge in [-0.1, -0.05) is 18.6 Å². The molecule has 0 aromatic carbocycles. The van der Waals surface area contributed by atoms with Gasteiger partial charge in [-0.05, 0) is 43.0 Å². The molecule has 0 spiro atoms. The van der Waals surface area contributed by atoms with E-state index in [1.807, 2.05) is 30.7 Å². The van der Waals surface area contributed by atoms with Gasteiger partial charge in [0, 0.05) is 50.1 Å². The molecule has 2 aromatic heterocycles. The Hall–Kier alpha value is -1.78. The van der Waals surface area contributed by atoms with Crippen molar-refractivity contribution in [3.63, 3.8) is 0 Å². The Labute approximate surface area is 143 Å². The van der Waals surface area contributed by atoms with Crippen LogP contribution in [0.4, 0.5) is 0 Å². The van der Waals surface area contributed by atoms with Crippen LogP contribution in [0.15, 0.2) is 42.9 Å². The molecule has 4 heteroatoms. The van der Waals surface area contributed by atoms with Crippen molar-refractivity contribution in [2.75, 3.05) is 13.1 Å². The van der Waals surface area contributed by atoms with Gasteiger partial charge in [0.1, 0.15) is 5.60 Å². The molecule has 2 aliphatic rings. The summed E-state index contributed by atoms with van der Waals surface area (Å²) in [7, 11) is 0. The monoisotopic (exact) mass is 323 g/mol. The van der Waals surface area contributed by atoms with E-state index in [0.29, 0.717) is 0 Å². The summed E-state index contributed by atoms with van der Waals surface area (Å²) in [5.74, 6) is 0.519. The van der Waals surface area contributed by atoms with Gasteiger partial charge in [-0.2, -0.15) is 0 Å². The van der Waals surface area contributed by atoms with Crippen LogP contribution >= 0.6 is 0 Å². The molecule has 1 saturated heterocycles. The second kappa shape index (κ2) is 6.26. The highest BCUT2D eigenvalue weighted by molar-refractivity contribution is 5.28. The van der Waals surface area contributed by atoms with E-state index in [0.717, 1.165) is 43.7 Å². The van der Waals surface area contributed by atoms with Crippen LogP contribution in [-0.2, 0) is 12.1 Å². The zero-order chi connectivity index (χ0) is 16.6. The lowest BCUT2D eigenvalue weighted by molar-refractivity contribution is -0.151. The summed E-state index contributed by atoms with van der Waals surface area (Å²) in [5.41, 5.74) is 2.49. The van der Waals surface area contributed by atoms with Gasteiger partial charge in [0.2, 0.25) is 0 Å². The molecule has 2 bridgehead atoms. The van der Waals surface area contributed by atoms with E-state index in [9.17, 15) is 5.11 Å². The first-order valence-corrected chi connectivity index (χ1v) is 8.93. The quantitative estimate of drug-likeness (QED) is 0.943. The van der Waals surface area contributed by atoms with Crippen LogP contribution in [0.1, 0.15) is 36.1 Å². The van der Waals surface area contributed by atoms with Gasteiger partial charge in [0.25, 0.3) is 0 Å². The van der Waals surface area contributed by atoms with Gasteiger partial charge in [0.15, 0.2) is 0 Å². The average Bonchev–Trinajstić information content (AvgIpc) is 2.57. The van der Waals surface area contributed by atoms with Gasteiger partial charge in [-0.3, -0.25) is 14.9 Å². The van der Waals surface area contributed by atoms with E-state index in [1.54, 1.807) is 0 Å². The number of piperidine rings is 1. The average molecular weight is 323 g/mol. The molecule has 2 atom stereocenters. The summed E-state index contributed by atoms with van der Waals surface area (Å²) in [4.78, 5) is 11.3. The zero-order valence-electron chi connectivity index (χ0n) is 14.2. The van der Waals surface area contributed by atoms with Crippen molar-refractivity contribution in [2.24, 2.45) is 11.8 Å². The largest absolute Gasteiger partial charge is 0.383 e. The Morgan fingerprint density at radius 1 is 1.17 bits per heavy atom. The molecular weight excluding hydrogens is 298 g/mol. The fraction of sp³-hybridized carbons (Fsp3) is 0.500. The van der Waals surface area contributed by atoms with Crippen LogP contribution in [0.25, 0.3) is 0 Å². The van der Waals surface area contributed by atoms with E-state index >= 15 is 0 Å². The highest BCUT2D eigenvalue weighted by Gasteiger charge is 2.52. The summed E-state index contributed by atoms with van der Waals surface area (Å²) in [6.45, 7) is 4.84. The zero-order valence-corrected chi connectivity index (χ0v) is 14.2. The number of nitrogens with zero attached hydrogens (tertiary/aromatic N) is 3. The van der Waals surface area contributed by atoms with Gasteiger partial charge in [-0.25, -0.2) is 0 Å². The number of aliphatic hydroxyl groups is 1. The van der Waals surface area contributed by atoms with Crippen molar-refractivity contribution in [1.82, 2.24) is 14.9 Å². The molecule has 2 fully saturated rings. The predicted octanol–water partition coefficient (Wildman–Crippen LogP) is 2.90. The minimum atomic E-state index is -0.769. The molecule has 4 rings (SSSR count). The van der Waals surface area contributed by atoms with Crippen LogP contribution in [0.3, 0.4) is 0 Å². The molecule has 1 aliphatic carbocycles. The Bertz CT molecular complexity index is 689. The van der Waals surface area contributed by atoms with Gasteiger partial charge >= 0.3 is 0 Å². The van der Waals surface area contributed by atoms with Gasteiger partial charge in [-0.15, -0.1) is 0 Å². The fourth-order valence-corrected chi connectivity index (χ4v) is 4.71. The number of pyridine rings is 2. The van der Waals surface area contributed by atoms with E-state index in [1.165, 1.54) is 12.0 Å². The second-order valence-electron chi connectivity index (χ2n) is 7.37. The summed E-state index contributed by atoms with van der Waals surface area (Å²) in [5, 5.41) is 11.7. The summed E-state index contributed by atoms with van der Waals surface area (Å²) >= 11 is 0. The maximum absolute atomic E-state index is 11.7. The molecule has 1 N–H and O–H groups in total. The van der Waals surface area contributed by atoms with Crippen molar-refractivity contribution in [2.45, 2.75) is 38.3 Å². The summed E-state index contributed by atoms with van der Waals surface area (Å²) in [6, 6.07) is 8.15. The standard InChI is InChI=1S/C20H25N3O/c1-15-5-3-10-22-19(15)20(24)17-7-2-8-18(20)14-23(13-17)12-16-6-4-9-21-11-16/h3-6,9-11,17-18,24H,2,7-8,12-14H2,1H3/t17-,18-/m0/s1. The maximum Gasteiger partial charge on any atom is 0.115 e. The van der Waals surface area contributed by atoms with Crippen LogP contribution in [-0.4, -0.2) is 33.1 Å². The first-order chi connectivity index (χ1) is 11.7. The maximum atomic E-state index is 11.7. The van der Waals surface area contributed by atoms with Gasteiger partial charge < -0.3 is 5.11 Å². The molecule has 0 amide bonds. The Kier molecular flexibility index (Phi) is 4.10. The number of rotatable bonds is 3.